The number of hydrogen-bond acceptors (Lipinski definition) is 3. The highest BCUT2D eigenvalue weighted by molar-refractivity contribution is 5.68. The van der Waals surface area contributed by atoms with Crippen LogP contribution in [0.1, 0.15) is 36.8 Å². The van der Waals surface area contributed by atoms with Crippen molar-refractivity contribution in [3.05, 3.63) is 29.3 Å². The molecule has 122 valence electrons. The lowest BCUT2D eigenvalue weighted by atomic mass is 10.1. The second-order valence-electron chi connectivity index (χ2n) is 6.32. The normalized spacial score (nSPS) is 15.7. The predicted octanol–water partition coefficient (Wildman–Crippen LogP) is 3.07. The number of piperidine rings is 1. The SMILES string of the molecule is Cc1ccc(N(CCC(=O)O)CCN2CCCCC2)c(C)c1. The average Bonchev–Trinajstić information content (AvgIpc) is 2.49. The first kappa shape index (κ1) is 16.8. The lowest BCUT2D eigenvalue weighted by Crippen LogP contribution is -2.39. The lowest BCUT2D eigenvalue weighted by Gasteiger charge is -2.31. The van der Waals surface area contributed by atoms with Gasteiger partial charge in [-0.15, -0.1) is 0 Å². The van der Waals surface area contributed by atoms with E-state index in [0.29, 0.717) is 6.54 Å². The minimum atomic E-state index is -0.729. The summed E-state index contributed by atoms with van der Waals surface area (Å²) in [5.41, 5.74) is 3.64. The first-order valence-electron chi connectivity index (χ1n) is 8.32. The summed E-state index contributed by atoms with van der Waals surface area (Å²) in [7, 11) is 0. The number of carbonyl (C=O) groups is 1. The van der Waals surface area contributed by atoms with E-state index in [9.17, 15) is 4.79 Å². The molecule has 0 atom stereocenters. The molecule has 1 aliphatic rings. The monoisotopic (exact) mass is 304 g/mol. The maximum atomic E-state index is 10.9. The molecule has 0 radical (unpaired) electrons. The van der Waals surface area contributed by atoms with Crippen LogP contribution in [-0.2, 0) is 4.79 Å². The summed E-state index contributed by atoms with van der Waals surface area (Å²) in [5, 5.41) is 9.00. The molecule has 0 aliphatic carbocycles. The van der Waals surface area contributed by atoms with Crippen LogP contribution >= 0.6 is 0 Å². The van der Waals surface area contributed by atoms with E-state index in [4.69, 9.17) is 5.11 Å². The molecule has 2 rings (SSSR count). The number of aryl methyl sites for hydroxylation is 2. The lowest BCUT2D eigenvalue weighted by molar-refractivity contribution is -0.136. The number of rotatable bonds is 7. The van der Waals surface area contributed by atoms with Gasteiger partial charge in [-0.3, -0.25) is 4.79 Å². The highest BCUT2D eigenvalue weighted by Gasteiger charge is 2.15. The predicted molar refractivity (Wildman–Crippen MR) is 90.7 cm³/mol. The average molecular weight is 304 g/mol. The minimum Gasteiger partial charge on any atom is -0.481 e. The van der Waals surface area contributed by atoms with Crippen LogP contribution in [0.5, 0.6) is 0 Å². The Morgan fingerprint density at radius 3 is 2.55 bits per heavy atom. The van der Waals surface area contributed by atoms with Crippen molar-refractivity contribution in [2.75, 3.05) is 37.6 Å². The van der Waals surface area contributed by atoms with Crippen molar-refractivity contribution in [2.24, 2.45) is 0 Å². The van der Waals surface area contributed by atoms with Gasteiger partial charge in [-0.2, -0.15) is 0 Å². The Kier molecular flexibility index (Phi) is 6.25. The molecule has 0 amide bonds. The van der Waals surface area contributed by atoms with E-state index in [1.807, 2.05) is 0 Å². The Morgan fingerprint density at radius 1 is 1.18 bits per heavy atom. The number of anilines is 1. The van der Waals surface area contributed by atoms with Crippen molar-refractivity contribution in [1.82, 2.24) is 4.90 Å². The molecule has 1 saturated heterocycles. The van der Waals surface area contributed by atoms with Crippen molar-refractivity contribution in [1.29, 1.82) is 0 Å². The van der Waals surface area contributed by atoms with Crippen LogP contribution in [0.15, 0.2) is 18.2 Å². The van der Waals surface area contributed by atoms with Crippen LogP contribution in [0.3, 0.4) is 0 Å². The van der Waals surface area contributed by atoms with Crippen LogP contribution in [0.25, 0.3) is 0 Å². The number of aliphatic carboxylic acids is 1. The van der Waals surface area contributed by atoms with Gasteiger partial charge in [-0.1, -0.05) is 24.1 Å². The van der Waals surface area contributed by atoms with Gasteiger partial charge in [0.1, 0.15) is 0 Å². The summed E-state index contributed by atoms with van der Waals surface area (Å²) in [5.74, 6) is -0.729. The Labute approximate surface area is 133 Å². The third-order valence-corrected chi connectivity index (χ3v) is 4.42. The summed E-state index contributed by atoms with van der Waals surface area (Å²) in [6, 6.07) is 6.41. The van der Waals surface area contributed by atoms with Gasteiger partial charge in [-0.25, -0.2) is 0 Å². The molecule has 22 heavy (non-hydrogen) atoms. The fourth-order valence-electron chi connectivity index (χ4n) is 3.19. The van der Waals surface area contributed by atoms with Crippen LogP contribution in [0.2, 0.25) is 0 Å². The molecule has 0 bridgehead atoms. The number of benzene rings is 1. The van der Waals surface area contributed by atoms with Gasteiger partial charge >= 0.3 is 5.97 Å². The molecule has 0 aromatic heterocycles. The molecule has 1 aromatic carbocycles. The molecular formula is C18H28N2O2. The second kappa shape index (κ2) is 8.18. The standard InChI is InChI=1S/C18H28N2O2/c1-15-6-7-17(16(2)14-15)20(11-8-18(21)22)13-12-19-9-4-3-5-10-19/h6-7,14H,3-5,8-13H2,1-2H3,(H,21,22). The Bertz CT molecular complexity index is 496. The molecule has 4 heteroatoms. The molecule has 1 aliphatic heterocycles. The quantitative estimate of drug-likeness (QED) is 0.841. The second-order valence-corrected chi connectivity index (χ2v) is 6.32. The van der Waals surface area contributed by atoms with Gasteiger partial charge in [0.25, 0.3) is 0 Å². The number of carboxylic acids is 1. The molecule has 0 unspecified atom stereocenters. The van der Waals surface area contributed by atoms with E-state index in [1.165, 1.54) is 49.2 Å². The smallest absolute Gasteiger partial charge is 0.305 e. The first-order chi connectivity index (χ1) is 10.6. The number of carboxylic acid groups (broad SMARTS) is 1. The van der Waals surface area contributed by atoms with Gasteiger partial charge in [0, 0.05) is 25.3 Å². The Morgan fingerprint density at radius 2 is 1.91 bits per heavy atom. The number of likely N-dealkylation sites (tertiary alicyclic amines) is 1. The molecular weight excluding hydrogens is 276 g/mol. The molecule has 4 nitrogen and oxygen atoms in total. The largest absolute Gasteiger partial charge is 0.481 e. The van der Waals surface area contributed by atoms with E-state index >= 15 is 0 Å². The highest BCUT2D eigenvalue weighted by atomic mass is 16.4. The van der Waals surface area contributed by atoms with Gasteiger partial charge in [0.2, 0.25) is 0 Å². The molecule has 1 N–H and O–H groups in total. The van der Waals surface area contributed by atoms with E-state index in [2.05, 4.69) is 41.8 Å². The fraction of sp³-hybridized carbons (Fsp3) is 0.611. The fourth-order valence-corrected chi connectivity index (χ4v) is 3.19. The Hall–Kier alpha value is -1.55. The molecule has 1 fully saturated rings. The number of nitrogens with zero attached hydrogens (tertiary/aromatic N) is 2. The van der Waals surface area contributed by atoms with Crippen molar-refractivity contribution in [2.45, 2.75) is 39.5 Å². The van der Waals surface area contributed by atoms with Crippen molar-refractivity contribution in [3.63, 3.8) is 0 Å². The summed E-state index contributed by atoms with van der Waals surface area (Å²) >= 11 is 0. The zero-order valence-electron chi connectivity index (χ0n) is 13.8. The van der Waals surface area contributed by atoms with Gasteiger partial charge in [0.05, 0.1) is 6.42 Å². The van der Waals surface area contributed by atoms with Crippen molar-refractivity contribution < 1.29 is 9.90 Å². The molecule has 0 saturated carbocycles. The Balaban J connectivity index is 2.02. The van der Waals surface area contributed by atoms with E-state index < -0.39 is 5.97 Å². The highest BCUT2D eigenvalue weighted by Crippen LogP contribution is 2.21. The third kappa shape index (κ3) is 5.02. The van der Waals surface area contributed by atoms with E-state index in [0.717, 1.165) is 13.1 Å². The minimum absolute atomic E-state index is 0.188. The molecule has 0 spiro atoms. The summed E-state index contributed by atoms with van der Waals surface area (Å²) < 4.78 is 0. The van der Waals surface area contributed by atoms with Crippen LogP contribution in [0, 0.1) is 13.8 Å². The zero-order valence-corrected chi connectivity index (χ0v) is 13.8. The van der Waals surface area contributed by atoms with Crippen molar-refractivity contribution >= 4 is 11.7 Å². The number of hydrogen-bond donors (Lipinski definition) is 1. The van der Waals surface area contributed by atoms with E-state index in [-0.39, 0.29) is 6.42 Å². The zero-order chi connectivity index (χ0) is 15.9. The summed E-state index contributed by atoms with van der Waals surface area (Å²) in [4.78, 5) is 15.7. The van der Waals surface area contributed by atoms with Gasteiger partial charge < -0.3 is 14.9 Å². The molecule has 1 heterocycles. The summed E-state index contributed by atoms with van der Waals surface area (Å²) in [6.07, 6.45) is 4.11. The van der Waals surface area contributed by atoms with Crippen molar-refractivity contribution in [3.8, 4) is 0 Å². The van der Waals surface area contributed by atoms with E-state index in [1.54, 1.807) is 0 Å². The maximum absolute atomic E-state index is 10.9. The van der Waals surface area contributed by atoms with Crippen LogP contribution in [-0.4, -0.2) is 48.7 Å². The molecule has 1 aromatic rings. The third-order valence-electron chi connectivity index (χ3n) is 4.42. The maximum Gasteiger partial charge on any atom is 0.305 e. The van der Waals surface area contributed by atoms with Gasteiger partial charge in [-0.05, 0) is 51.4 Å². The van der Waals surface area contributed by atoms with Gasteiger partial charge in [0.15, 0.2) is 0 Å². The van der Waals surface area contributed by atoms with Crippen LogP contribution < -0.4 is 4.90 Å². The first-order valence-corrected chi connectivity index (χ1v) is 8.32. The van der Waals surface area contributed by atoms with Crippen LogP contribution in [0.4, 0.5) is 5.69 Å². The topological polar surface area (TPSA) is 43.8 Å². The summed E-state index contributed by atoms with van der Waals surface area (Å²) in [6.45, 7) is 9.06.